The lowest BCUT2D eigenvalue weighted by Gasteiger charge is -2.37. The van der Waals surface area contributed by atoms with Crippen molar-refractivity contribution in [1.29, 1.82) is 0 Å². The van der Waals surface area contributed by atoms with Crippen molar-refractivity contribution in [3.63, 3.8) is 0 Å². The third kappa shape index (κ3) is 3.21. The van der Waals surface area contributed by atoms with Gasteiger partial charge in [0.05, 0.1) is 0 Å². The Morgan fingerprint density at radius 1 is 1.00 bits per heavy atom. The predicted molar refractivity (Wildman–Crippen MR) is 98.7 cm³/mol. The summed E-state index contributed by atoms with van der Waals surface area (Å²) in [7, 11) is 1.98. The average Bonchev–Trinajstić information content (AvgIpc) is 3.03. The van der Waals surface area contributed by atoms with Gasteiger partial charge in [-0.25, -0.2) is 4.79 Å². The van der Waals surface area contributed by atoms with Crippen LogP contribution < -0.4 is 0 Å². The van der Waals surface area contributed by atoms with Crippen LogP contribution in [0.5, 0.6) is 0 Å². The van der Waals surface area contributed by atoms with Crippen molar-refractivity contribution in [2.45, 2.75) is 13.8 Å². The molecule has 25 heavy (non-hydrogen) atoms. The highest BCUT2D eigenvalue weighted by Crippen LogP contribution is 2.21. The van der Waals surface area contributed by atoms with E-state index < -0.39 is 0 Å². The molecule has 2 heterocycles. The maximum absolute atomic E-state index is 12.9. The molecule has 0 saturated carbocycles. The van der Waals surface area contributed by atoms with E-state index >= 15 is 0 Å². The average molecular weight is 342 g/mol. The van der Waals surface area contributed by atoms with Gasteiger partial charge in [-0.2, -0.15) is 0 Å². The van der Waals surface area contributed by atoms with E-state index in [1.54, 1.807) is 0 Å². The minimum absolute atomic E-state index is 0.0479. The molecule has 1 fully saturated rings. The van der Waals surface area contributed by atoms with E-state index in [4.69, 9.17) is 0 Å². The maximum Gasteiger partial charge on any atom is 0.320 e. The number of aromatic nitrogens is 1. The van der Waals surface area contributed by atoms with Gasteiger partial charge in [-0.05, 0) is 32.0 Å². The zero-order valence-corrected chi connectivity index (χ0v) is 15.2. The van der Waals surface area contributed by atoms with Crippen LogP contribution in [0.2, 0.25) is 0 Å². The number of hydrogen-bond donors (Lipinski definition) is 0. The molecule has 0 atom stereocenters. The summed E-state index contributed by atoms with van der Waals surface area (Å²) in [5.74, 6) is 0.0479. The number of carbonyl (C=O) groups is 2. The number of fused-ring (bicyclic) bond motifs is 1. The third-order valence-corrected chi connectivity index (χ3v) is 5.03. The second-order valence-corrected chi connectivity index (χ2v) is 6.40. The molecule has 1 aromatic carbocycles. The number of hydrogen-bond acceptors (Lipinski definition) is 2. The van der Waals surface area contributed by atoms with Crippen LogP contribution in [0.15, 0.2) is 30.5 Å². The summed E-state index contributed by atoms with van der Waals surface area (Å²) in [5, 5.41) is 0.983. The number of piperazine rings is 1. The van der Waals surface area contributed by atoms with Gasteiger partial charge < -0.3 is 19.3 Å². The Bertz CT molecular complexity index is 771. The molecular weight excluding hydrogens is 316 g/mol. The Morgan fingerprint density at radius 2 is 1.64 bits per heavy atom. The lowest BCUT2D eigenvalue weighted by Crippen LogP contribution is -2.54. The summed E-state index contributed by atoms with van der Waals surface area (Å²) < 4.78 is 2.02. The van der Waals surface area contributed by atoms with Gasteiger partial charge in [0.25, 0.3) is 5.91 Å². The first-order valence-corrected chi connectivity index (χ1v) is 8.94. The zero-order chi connectivity index (χ0) is 18.0. The lowest BCUT2D eigenvalue weighted by molar-refractivity contribution is 0.0643. The Morgan fingerprint density at radius 3 is 2.28 bits per heavy atom. The summed E-state index contributed by atoms with van der Waals surface area (Å²) in [6, 6.07) is 7.89. The molecule has 0 aliphatic carbocycles. The standard InChI is InChI=1S/C19H26N4O2/c1-4-21(5-2)19(25)23-13-11-22(12-14-23)18(24)16-7-6-8-17-15(16)9-10-20(17)3/h6-10H,4-5,11-14H2,1-3H3. The van der Waals surface area contributed by atoms with Crippen LogP contribution in [-0.4, -0.2) is 70.5 Å². The highest BCUT2D eigenvalue weighted by molar-refractivity contribution is 6.06. The van der Waals surface area contributed by atoms with Gasteiger partial charge in [-0.1, -0.05) is 6.07 Å². The first kappa shape index (κ1) is 17.3. The molecule has 0 spiro atoms. The molecule has 134 valence electrons. The molecule has 1 aliphatic rings. The minimum atomic E-state index is 0.0479. The third-order valence-electron chi connectivity index (χ3n) is 5.03. The fourth-order valence-corrected chi connectivity index (χ4v) is 3.45. The van der Waals surface area contributed by atoms with Crippen LogP contribution in [0.3, 0.4) is 0 Å². The number of benzene rings is 1. The van der Waals surface area contributed by atoms with E-state index in [-0.39, 0.29) is 11.9 Å². The van der Waals surface area contributed by atoms with E-state index in [1.165, 1.54) is 0 Å². The van der Waals surface area contributed by atoms with Crippen molar-refractivity contribution in [2.75, 3.05) is 39.3 Å². The Kier molecular flexibility index (Phi) is 4.97. The highest BCUT2D eigenvalue weighted by Gasteiger charge is 2.27. The lowest BCUT2D eigenvalue weighted by atomic mass is 10.1. The van der Waals surface area contributed by atoms with Gasteiger partial charge in [-0.15, -0.1) is 0 Å². The van der Waals surface area contributed by atoms with Gasteiger partial charge in [0, 0.05) is 69.0 Å². The first-order valence-electron chi connectivity index (χ1n) is 8.94. The summed E-state index contributed by atoms with van der Waals surface area (Å²) >= 11 is 0. The zero-order valence-electron chi connectivity index (χ0n) is 15.2. The number of urea groups is 1. The Hall–Kier alpha value is -2.50. The minimum Gasteiger partial charge on any atom is -0.351 e. The van der Waals surface area contributed by atoms with E-state index in [2.05, 4.69) is 0 Å². The van der Waals surface area contributed by atoms with Crippen molar-refractivity contribution >= 4 is 22.8 Å². The molecule has 0 bridgehead atoms. The normalized spacial score (nSPS) is 14.8. The van der Waals surface area contributed by atoms with Crippen LogP contribution in [0.4, 0.5) is 4.79 Å². The Balaban J connectivity index is 1.70. The predicted octanol–water partition coefficient (Wildman–Crippen LogP) is 2.40. The summed E-state index contributed by atoms with van der Waals surface area (Å²) in [5.41, 5.74) is 1.79. The van der Waals surface area contributed by atoms with Crippen LogP contribution in [0, 0.1) is 0 Å². The fourth-order valence-electron chi connectivity index (χ4n) is 3.45. The maximum atomic E-state index is 12.9. The summed E-state index contributed by atoms with van der Waals surface area (Å²) in [6.45, 7) is 7.74. The monoisotopic (exact) mass is 342 g/mol. The van der Waals surface area contributed by atoms with Crippen molar-refractivity contribution in [3.05, 3.63) is 36.0 Å². The molecule has 1 aromatic heterocycles. The van der Waals surface area contributed by atoms with E-state index in [0.29, 0.717) is 39.3 Å². The molecule has 0 radical (unpaired) electrons. The SMILES string of the molecule is CCN(CC)C(=O)N1CCN(C(=O)c2cccc3c2ccn3C)CC1. The highest BCUT2D eigenvalue weighted by atomic mass is 16.2. The number of amides is 3. The number of aryl methyl sites for hydroxylation is 1. The first-order chi connectivity index (χ1) is 12.1. The summed E-state index contributed by atoms with van der Waals surface area (Å²) in [4.78, 5) is 30.9. The van der Waals surface area contributed by atoms with Crippen LogP contribution in [0.1, 0.15) is 24.2 Å². The molecule has 3 rings (SSSR count). The molecule has 3 amide bonds. The quantitative estimate of drug-likeness (QED) is 0.860. The molecule has 1 aliphatic heterocycles. The number of carbonyl (C=O) groups excluding carboxylic acids is 2. The molecule has 0 N–H and O–H groups in total. The van der Waals surface area contributed by atoms with Gasteiger partial charge in [0.2, 0.25) is 0 Å². The van der Waals surface area contributed by atoms with Crippen molar-refractivity contribution in [1.82, 2.24) is 19.3 Å². The molecule has 6 nitrogen and oxygen atoms in total. The van der Waals surface area contributed by atoms with Gasteiger partial charge in [-0.3, -0.25) is 4.79 Å². The molecule has 0 unspecified atom stereocenters. The van der Waals surface area contributed by atoms with E-state index in [9.17, 15) is 9.59 Å². The summed E-state index contributed by atoms with van der Waals surface area (Å²) in [6.07, 6.45) is 1.97. The fraction of sp³-hybridized carbons (Fsp3) is 0.474. The molecular formula is C19H26N4O2. The van der Waals surface area contributed by atoms with Gasteiger partial charge in [0.15, 0.2) is 0 Å². The number of nitrogens with zero attached hydrogens (tertiary/aromatic N) is 4. The smallest absolute Gasteiger partial charge is 0.320 e. The van der Waals surface area contributed by atoms with Gasteiger partial charge in [0.1, 0.15) is 0 Å². The van der Waals surface area contributed by atoms with Crippen molar-refractivity contribution < 1.29 is 9.59 Å². The largest absolute Gasteiger partial charge is 0.351 e. The number of rotatable bonds is 3. The Labute approximate surface area is 148 Å². The van der Waals surface area contributed by atoms with Crippen LogP contribution in [0.25, 0.3) is 10.9 Å². The van der Waals surface area contributed by atoms with Crippen LogP contribution >= 0.6 is 0 Å². The van der Waals surface area contributed by atoms with Crippen LogP contribution in [-0.2, 0) is 7.05 Å². The second kappa shape index (κ2) is 7.17. The van der Waals surface area contributed by atoms with Gasteiger partial charge >= 0.3 is 6.03 Å². The van der Waals surface area contributed by atoms with E-state index in [0.717, 1.165) is 16.5 Å². The second-order valence-electron chi connectivity index (χ2n) is 6.40. The molecule has 6 heteroatoms. The van der Waals surface area contributed by atoms with Crippen molar-refractivity contribution in [2.24, 2.45) is 7.05 Å². The van der Waals surface area contributed by atoms with Crippen molar-refractivity contribution in [3.8, 4) is 0 Å². The topological polar surface area (TPSA) is 48.8 Å². The van der Waals surface area contributed by atoms with E-state index in [1.807, 2.05) is 70.6 Å². The molecule has 1 saturated heterocycles. The molecule has 2 aromatic rings.